The first-order chi connectivity index (χ1) is 5.57. The molecule has 0 spiro atoms. The summed E-state index contributed by atoms with van der Waals surface area (Å²) < 4.78 is 0. The average Bonchev–Trinajstić information content (AvgIpc) is 2.08. The lowest BCUT2D eigenvalue weighted by Gasteiger charge is -2.11. The van der Waals surface area contributed by atoms with Crippen molar-refractivity contribution in [2.24, 2.45) is 5.73 Å². The van der Waals surface area contributed by atoms with Crippen LogP contribution < -0.4 is 5.73 Å². The van der Waals surface area contributed by atoms with Gasteiger partial charge in [0.1, 0.15) is 5.75 Å². The van der Waals surface area contributed by atoms with Crippen molar-refractivity contribution in [2.75, 3.05) is 0 Å². The maximum atomic E-state index is 9.48. The molecule has 0 aliphatic rings. The van der Waals surface area contributed by atoms with Crippen molar-refractivity contribution in [1.82, 2.24) is 0 Å². The molecule has 0 unspecified atom stereocenters. The number of benzene rings is 1. The van der Waals surface area contributed by atoms with Crippen LogP contribution in [-0.4, -0.2) is 5.11 Å². The van der Waals surface area contributed by atoms with E-state index in [-0.39, 0.29) is 0 Å². The van der Waals surface area contributed by atoms with E-state index in [1.54, 1.807) is 6.07 Å². The maximum absolute atomic E-state index is 9.48. The number of hydrogen-bond donors (Lipinski definition) is 2. The van der Waals surface area contributed by atoms with Crippen LogP contribution in [0.2, 0.25) is 0 Å². The molecule has 0 fully saturated rings. The van der Waals surface area contributed by atoms with Gasteiger partial charge in [-0.15, -0.1) is 0 Å². The van der Waals surface area contributed by atoms with Crippen molar-refractivity contribution in [3.8, 4) is 5.75 Å². The highest BCUT2D eigenvalue weighted by Crippen LogP contribution is 2.25. The summed E-state index contributed by atoms with van der Waals surface area (Å²) in [4.78, 5) is 0. The standard InChI is InChI=1S/C10H15NO/c1-6-7(2)9(5-11)4-10(12)8(6)3/h4,12H,5,11H2,1-3H3. The molecule has 1 rings (SSSR count). The first-order valence-corrected chi connectivity index (χ1v) is 4.06. The van der Waals surface area contributed by atoms with Crippen molar-refractivity contribution >= 4 is 0 Å². The fourth-order valence-corrected chi connectivity index (χ4v) is 1.31. The molecule has 1 aromatic carbocycles. The number of phenols is 1. The van der Waals surface area contributed by atoms with E-state index in [2.05, 4.69) is 0 Å². The highest BCUT2D eigenvalue weighted by Gasteiger charge is 2.06. The molecule has 3 N–H and O–H groups in total. The third-order valence-electron chi connectivity index (χ3n) is 2.52. The minimum Gasteiger partial charge on any atom is -0.508 e. The van der Waals surface area contributed by atoms with Crippen molar-refractivity contribution in [3.63, 3.8) is 0 Å². The van der Waals surface area contributed by atoms with Crippen molar-refractivity contribution in [1.29, 1.82) is 0 Å². The fourth-order valence-electron chi connectivity index (χ4n) is 1.31. The Hall–Kier alpha value is -1.02. The van der Waals surface area contributed by atoms with Gasteiger partial charge >= 0.3 is 0 Å². The summed E-state index contributed by atoms with van der Waals surface area (Å²) in [6.07, 6.45) is 0. The van der Waals surface area contributed by atoms with E-state index >= 15 is 0 Å². The Bertz CT molecular complexity index is 305. The van der Waals surface area contributed by atoms with Gasteiger partial charge in [-0.3, -0.25) is 0 Å². The van der Waals surface area contributed by atoms with Gasteiger partial charge in [0.05, 0.1) is 0 Å². The molecule has 0 bridgehead atoms. The third kappa shape index (κ3) is 1.30. The van der Waals surface area contributed by atoms with Crippen molar-refractivity contribution in [3.05, 3.63) is 28.3 Å². The zero-order chi connectivity index (χ0) is 9.30. The summed E-state index contributed by atoms with van der Waals surface area (Å²) in [6, 6.07) is 1.75. The predicted molar refractivity (Wildman–Crippen MR) is 50.2 cm³/mol. The Morgan fingerprint density at radius 3 is 2.25 bits per heavy atom. The highest BCUT2D eigenvalue weighted by molar-refractivity contribution is 5.46. The molecule has 1 aromatic rings. The lowest BCUT2D eigenvalue weighted by atomic mass is 9.98. The van der Waals surface area contributed by atoms with Gasteiger partial charge in [0.25, 0.3) is 0 Å². The predicted octanol–water partition coefficient (Wildman–Crippen LogP) is 1.78. The molecule has 0 aliphatic carbocycles. The van der Waals surface area contributed by atoms with Gasteiger partial charge < -0.3 is 10.8 Å². The average molecular weight is 165 g/mol. The SMILES string of the molecule is Cc1c(O)cc(CN)c(C)c1C. The molecule has 0 saturated carbocycles. The third-order valence-corrected chi connectivity index (χ3v) is 2.52. The van der Waals surface area contributed by atoms with Crippen LogP contribution in [0.25, 0.3) is 0 Å². The van der Waals surface area contributed by atoms with E-state index in [0.29, 0.717) is 12.3 Å². The van der Waals surface area contributed by atoms with Crippen LogP contribution in [0, 0.1) is 20.8 Å². The molecule has 2 heteroatoms. The summed E-state index contributed by atoms with van der Waals surface area (Å²) >= 11 is 0. The van der Waals surface area contributed by atoms with Crippen LogP contribution in [0.4, 0.5) is 0 Å². The van der Waals surface area contributed by atoms with Gasteiger partial charge in [0.2, 0.25) is 0 Å². The Morgan fingerprint density at radius 1 is 1.17 bits per heavy atom. The molecule has 0 aliphatic heterocycles. The topological polar surface area (TPSA) is 46.2 Å². The molecule has 0 aromatic heterocycles. The molecule has 12 heavy (non-hydrogen) atoms. The van der Waals surface area contributed by atoms with Crippen molar-refractivity contribution in [2.45, 2.75) is 27.3 Å². The zero-order valence-electron chi connectivity index (χ0n) is 7.81. The molecule has 0 amide bonds. The van der Waals surface area contributed by atoms with Gasteiger partial charge in [0, 0.05) is 6.54 Å². The largest absolute Gasteiger partial charge is 0.508 e. The molecular weight excluding hydrogens is 150 g/mol. The molecule has 66 valence electrons. The number of hydrogen-bond acceptors (Lipinski definition) is 2. The first-order valence-electron chi connectivity index (χ1n) is 4.06. The van der Waals surface area contributed by atoms with Gasteiger partial charge in [-0.2, -0.15) is 0 Å². The van der Waals surface area contributed by atoms with Crippen LogP contribution >= 0.6 is 0 Å². The minimum absolute atomic E-state index is 0.346. The smallest absolute Gasteiger partial charge is 0.119 e. The number of aromatic hydroxyl groups is 1. The van der Waals surface area contributed by atoms with Crippen LogP contribution in [0.5, 0.6) is 5.75 Å². The summed E-state index contributed by atoms with van der Waals surface area (Å²) in [5.74, 6) is 0.346. The number of nitrogens with two attached hydrogens (primary N) is 1. The minimum atomic E-state index is 0.346. The summed E-state index contributed by atoms with van der Waals surface area (Å²) in [5, 5.41) is 9.48. The molecule has 0 atom stereocenters. The lowest BCUT2D eigenvalue weighted by molar-refractivity contribution is 0.469. The van der Waals surface area contributed by atoms with Gasteiger partial charge in [-0.05, 0) is 49.1 Å². The van der Waals surface area contributed by atoms with E-state index < -0.39 is 0 Å². The van der Waals surface area contributed by atoms with Gasteiger partial charge in [-0.1, -0.05) is 0 Å². The zero-order valence-corrected chi connectivity index (χ0v) is 7.81. The second kappa shape index (κ2) is 3.15. The molecule has 0 radical (unpaired) electrons. The Morgan fingerprint density at radius 2 is 1.75 bits per heavy atom. The van der Waals surface area contributed by atoms with Crippen LogP contribution in [-0.2, 0) is 6.54 Å². The van der Waals surface area contributed by atoms with E-state index in [9.17, 15) is 5.11 Å². The van der Waals surface area contributed by atoms with Gasteiger partial charge in [0.15, 0.2) is 0 Å². The summed E-state index contributed by atoms with van der Waals surface area (Å²) in [6.45, 7) is 6.44. The first kappa shape index (κ1) is 9.07. The highest BCUT2D eigenvalue weighted by atomic mass is 16.3. The van der Waals surface area contributed by atoms with E-state index in [1.807, 2.05) is 20.8 Å². The molecule has 0 heterocycles. The van der Waals surface area contributed by atoms with Crippen molar-refractivity contribution < 1.29 is 5.11 Å². The second-order valence-corrected chi connectivity index (χ2v) is 3.13. The Labute approximate surface area is 73.0 Å². The van der Waals surface area contributed by atoms with Crippen LogP contribution in [0.15, 0.2) is 6.07 Å². The maximum Gasteiger partial charge on any atom is 0.119 e. The summed E-state index contributed by atoms with van der Waals surface area (Å²) in [7, 11) is 0. The quantitative estimate of drug-likeness (QED) is 0.666. The van der Waals surface area contributed by atoms with Crippen LogP contribution in [0.3, 0.4) is 0 Å². The Balaban J connectivity index is 3.39. The second-order valence-electron chi connectivity index (χ2n) is 3.13. The van der Waals surface area contributed by atoms with Gasteiger partial charge in [-0.25, -0.2) is 0 Å². The lowest BCUT2D eigenvalue weighted by Crippen LogP contribution is -2.01. The number of rotatable bonds is 1. The normalized spacial score (nSPS) is 10.3. The molecule has 0 saturated heterocycles. The van der Waals surface area contributed by atoms with E-state index in [1.165, 1.54) is 5.56 Å². The monoisotopic (exact) mass is 165 g/mol. The molecular formula is C10H15NO. The number of phenolic OH excluding ortho intramolecular Hbond substituents is 1. The van der Waals surface area contributed by atoms with E-state index in [0.717, 1.165) is 16.7 Å². The fraction of sp³-hybridized carbons (Fsp3) is 0.400. The summed E-state index contributed by atoms with van der Waals surface area (Å²) in [5.41, 5.74) is 9.82. The van der Waals surface area contributed by atoms with E-state index in [4.69, 9.17) is 5.73 Å². The molecule has 2 nitrogen and oxygen atoms in total. The van der Waals surface area contributed by atoms with Crippen LogP contribution in [0.1, 0.15) is 22.3 Å². The Kier molecular flexibility index (Phi) is 2.38.